The first kappa shape index (κ1) is 8.56. The second-order valence-corrected chi connectivity index (χ2v) is 3.29. The summed E-state index contributed by atoms with van der Waals surface area (Å²) in [5.41, 5.74) is 2.39. The molecule has 0 bridgehead atoms. The third-order valence-corrected chi connectivity index (χ3v) is 2.44. The monoisotopic (exact) mass is 241 g/mol. The molecular formula is C9H8BrNO2. The predicted octanol–water partition coefficient (Wildman–Crippen LogP) is 2.45. The summed E-state index contributed by atoms with van der Waals surface area (Å²) in [5.74, 6) is 0. The van der Waals surface area contributed by atoms with E-state index in [0.29, 0.717) is 13.1 Å². The Bertz CT molecular complexity index is 315. The molecule has 0 aromatic heterocycles. The molecule has 0 atom stereocenters. The fraction of sp³-hybridized carbons (Fsp3) is 0.222. The molecule has 0 unspecified atom stereocenters. The molecule has 0 spiro atoms. The van der Waals surface area contributed by atoms with E-state index in [-0.39, 0.29) is 6.09 Å². The highest BCUT2D eigenvalue weighted by Crippen LogP contribution is 2.22. The molecule has 2 rings (SSSR count). The van der Waals surface area contributed by atoms with Crippen LogP contribution >= 0.6 is 16.3 Å². The summed E-state index contributed by atoms with van der Waals surface area (Å²) in [5, 5.41) is 0. The van der Waals surface area contributed by atoms with Crippen LogP contribution in [0.15, 0.2) is 24.3 Å². The maximum absolute atomic E-state index is 11.1. The maximum Gasteiger partial charge on any atom is 0.422 e. The van der Waals surface area contributed by atoms with Crippen molar-refractivity contribution in [3.8, 4) is 0 Å². The molecule has 1 aromatic carbocycles. The fourth-order valence-corrected chi connectivity index (χ4v) is 1.72. The van der Waals surface area contributed by atoms with Gasteiger partial charge in [0.2, 0.25) is 0 Å². The molecule has 3 nitrogen and oxygen atoms in total. The normalized spacial score (nSPS) is 14.1. The first-order valence-electron chi connectivity index (χ1n) is 3.95. The molecule has 1 aliphatic heterocycles. The van der Waals surface area contributed by atoms with Crippen molar-refractivity contribution in [1.29, 1.82) is 0 Å². The summed E-state index contributed by atoms with van der Waals surface area (Å²) in [7, 11) is 0. The minimum absolute atomic E-state index is 0.337. The van der Waals surface area contributed by atoms with Crippen LogP contribution in [0.3, 0.4) is 0 Å². The van der Waals surface area contributed by atoms with E-state index in [1.807, 2.05) is 24.3 Å². The number of nitrogens with zero attached hydrogens (tertiary/aromatic N) is 1. The number of hydrogen-bond donors (Lipinski definition) is 0. The van der Waals surface area contributed by atoms with E-state index in [2.05, 4.69) is 20.1 Å². The van der Waals surface area contributed by atoms with Gasteiger partial charge in [0, 0.05) is 13.1 Å². The zero-order chi connectivity index (χ0) is 9.26. The van der Waals surface area contributed by atoms with Crippen LogP contribution in [-0.4, -0.2) is 11.0 Å². The minimum atomic E-state index is -0.337. The van der Waals surface area contributed by atoms with E-state index >= 15 is 0 Å². The summed E-state index contributed by atoms with van der Waals surface area (Å²) in [6.45, 7) is 1.28. The summed E-state index contributed by atoms with van der Waals surface area (Å²) < 4.78 is 4.46. The Morgan fingerprint density at radius 2 is 1.85 bits per heavy atom. The lowest BCUT2D eigenvalue weighted by atomic mass is 10.1. The number of fused-ring (bicyclic) bond motifs is 1. The first-order chi connectivity index (χ1) is 6.31. The van der Waals surface area contributed by atoms with Crippen molar-refractivity contribution in [1.82, 2.24) is 4.90 Å². The second kappa shape index (κ2) is 3.38. The van der Waals surface area contributed by atoms with Gasteiger partial charge in [0.15, 0.2) is 16.3 Å². The number of rotatable bonds is 0. The fourth-order valence-electron chi connectivity index (χ4n) is 1.51. The standard InChI is InChI=1S/C9H8BrNO2/c10-13-9(12)11-5-7-3-1-2-4-8(7)6-11/h1-4H,5-6H2. The molecule has 0 radical (unpaired) electrons. The van der Waals surface area contributed by atoms with Gasteiger partial charge in [-0.15, -0.1) is 0 Å². The van der Waals surface area contributed by atoms with Crippen LogP contribution in [0.1, 0.15) is 11.1 Å². The molecule has 0 aliphatic carbocycles. The number of carbonyl (C=O) groups is 1. The quantitative estimate of drug-likeness (QED) is 0.699. The molecule has 0 fully saturated rings. The smallest absolute Gasteiger partial charge is 0.367 e. The zero-order valence-corrected chi connectivity index (χ0v) is 8.45. The van der Waals surface area contributed by atoms with Gasteiger partial charge in [0.25, 0.3) is 0 Å². The summed E-state index contributed by atoms with van der Waals surface area (Å²) in [6.07, 6.45) is -0.337. The van der Waals surface area contributed by atoms with Crippen molar-refractivity contribution in [2.75, 3.05) is 0 Å². The number of carbonyl (C=O) groups excluding carboxylic acids is 1. The molecule has 1 aliphatic rings. The molecule has 4 heteroatoms. The number of hydrogen-bond acceptors (Lipinski definition) is 2. The van der Waals surface area contributed by atoms with E-state index in [4.69, 9.17) is 0 Å². The van der Waals surface area contributed by atoms with Crippen LogP contribution in [-0.2, 0) is 16.9 Å². The van der Waals surface area contributed by atoms with Crippen LogP contribution in [0.25, 0.3) is 0 Å². The van der Waals surface area contributed by atoms with Gasteiger partial charge in [0.05, 0.1) is 0 Å². The predicted molar refractivity (Wildman–Crippen MR) is 51.1 cm³/mol. The average molecular weight is 242 g/mol. The van der Waals surface area contributed by atoms with Crippen LogP contribution < -0.4 is 0 Å². The Morgan fingerprint density at radius 1 is 1.31 bits per heavy atom. The number of amides is 1. The lowest BCUT2D eigenvalue weighted by molar-refractivity contribution is 0.163. The minimum Gasteiger partial charge on any atom is -0.367 e. The molecule has 1 amide bonds. The lowest BCUT2D eigenvalue weighted by Crippen LogP contribution is -2.23. The molecule has 0 N–H and O–H groups in total. The average Bonchev–Trinajstić information content (AvgIpc) is 2.59. The molecular weight excluding hydrogens is 234 g/mol. The third kappa shape index (κ3) is 1.54. The highest BCUT2D eigenvalue weighted by Gasteiger charge is 2.23. The van der Waals surface area contributed by atoms with Gasteiger partial charge in [0.1, 0.15) is 0 Å². The Balaban J connectivity index is 2.18. The van der Waals surface area contributed by atoms with Crippen LogP contribution in [0.2, 0.25) is 0 Å². The SMILES string of the molecule is O=C(OBr)N1Cc2ccccc2C1. The van der Waals surface area contributed by atoms with Crippen molar-refractivity contribution >= 4 is 22.4 Å². The van der Waals surface area contributed by atoms with Crippen molar-refractivity contribution in [2.24, 2.45) is 0 Å². The Hall–Kier alpha value is -1.03. The highest BCUT2D eigenvalue weighted by molar-refractivity contribution is 9.06. The summed E-state index contributed by atoms with van der Waals surface area (Å²) >= 11 is 2.68. The van der Waals surface area contributed by atoms with Gasteiger partial charge in [-0.2, -0.15) is 0 Å². The molecule has 68 valence electrons. The van der Waals surface area contributed by atoms with Gasteiger partial charge in [-0.1, -0.05) is 24.3 Å². The van der Waals surface area contributed by atoms with Gasteiger partial charge in [-0.3, -0.25) is 4.90 Å². The van der Waals surface area contributed by atoms with Crippen LogP contribution in [0, 0.1) is 0 Å². The van der Waals surface area contributed by atoms with Gasteiger partial charge >= 0.3 is 6.09 Å². The first-order valence-corrected chi connectivity index (χ1v) is 4.60. The van der Waals surface area contributed by atoms with Gasteiger partial charge in [-0.25, -0.2) is 4.79 Å². The van der Waals surface area contributed by atoms with Gasteiger partial charge < -0.3 is 3.83 Å². The van der Waals surface area contributed by atoms with Crippen LogP contribution in [0.5, 0.6) is 0 Å². The van der Waals surface area contributed by atoms with Crippen molar-refractivity contribution in [2.45, 2.75) is 13.1 Å². The van der Waals surface area contributed by atoms with E-state index < -0.39 is 0 Å². The van der Waals surface area contributed by atoms with Gasteiger partial charge in [-0.05, 0) is 11.1 Å². The Kier molecular flexibility index (Phi) is 2.22. The van der Waals surface area contributed by atoms with Crippen molar-refractivity contribution in [3.63, 3.8) is 0 Å². The Labute approximate surface area is 84.7 Å². The molecule has 1 aromatic rings. The van der Waals surface area contributed by atoms with E-state index in [1.54, 1.807) is 4.90 Å². The van der Waals surface area contributed by atoms with E-state index in [0.717, 1.165) is 0 Å². The van der Waals surface area contributed by atoms with E-state index in [9.17, 15) is 4.79 Å². The van der Waals surface area contributed by atoms with Crippen molar-refractivity contribution in [3.05, 3.63) is 35.4 Å². The summed E-state index contributed by atoms with van der Waals surface area (Å²) in [4.78, 5) is 12.8. The Morgan fingerprint density at radius 3 is 2.31 bits per heavy atom. The number of halogens is 1. The summed E-state index contributed by atoms with van der Waals surface area (Å²) in [6, 6.07) is 8.00. The zero-order valence-electron chi connectivity index (χ0n) is 6.87. The second-order valence-electron chi connectivity index (χ2n) is 2.97. The molecule has 13 heavy (non-hydrogen) atoms. The molecule has 1 heterocycles. The lowest BCUT2D eigenvalue weighted by Gasteiger charge is -2.10. The van der Waals surface area contributed by atoms with E-state index in [1.165, 1.54) is 11.1 Å². The van der Waals surface area contributed by atoms with Crippen LogP contribution in [0.4, 0.5) is 4.79 Å². The largest absolute Gasteiger partial charge is 0.422 e. The highest BCUT2D eigenvalue weighted by atomic mass is 79.9. The third-order valence-electron chi connectivity index (χ3n) is 2.16. The molecule has 0 saturated carbocycles. The van der Waals surface area contributed by atoms with Crippen molar-refractivity contribution < 1.29 is 8.62 Å². The molecule has 0 saturated heterocycles. The number of benzene rings is 1. The maximum atomic E-state index is 11.1. The topological polar surface area (TPSA) is 29.5 Å².